The summed E-state index contributed by atoms with van der Waals surface area (Å²) in [6.45, 7) is 10.9. The average Bonchev–Trinajstić information content (AvgIpc) is 3.08. The molecule has 0 aromatic carbocycles. The molecule has 0 radical (unpaired) electrons. The van der Waals surface area contributed by atoms with Gasteiger partial charge in [-0.3, -0.25) is 4.90 Å². The number of oxazole rings is 1. The van der Waals surface area contributed by atoms with E-state index in [-0.39, 0.29) is 11.4 Å². The van der Waals surface area contributed by atoms with Gasteiger partial charge in [0.25, 0.3) is 0 Å². The highest BCUT2D eigenvalue weighted by molar-refractivity contribution is 5.76. The Bertz CT molecular complexity index is 555. The number of piperidine rings is 1. The molecule has 0 spiro atoms. The molecule has 128 valence electrons. The average molecular weight is 320 g/mol. The van der Waals surface area contributed by atoms with Gasteiger partial charge in [-0.15, -0.1) is 0 Å². The van der Waals surface area contributed by atoms with Crippen molar-refractivity contribution in [2.24, 2.45) is 0 Å². The summed E-state index contributed by atoms with van der Waals surface area (Å²) in [5.41, 5.74) is 0.000382. The summed E-state index contributed by atoms with van der Waals surface area (Å²) in [5.74, 6) is 1.73. The molecule has 2 fully saturated rings. The summed E-state index contributed by atoms with van der Waals surface area (Å²) in [6.07, 6.45) is 3.92. The van der Waals surface area contributed by atoms with Crippen LogP contribution in [0, 0.1) is 0 Å². The molecule has 0 bridgehead atoms. The second-order valence-corrected chi connectivity index (χ2v) is 7.77. The Hall–Kier alpha value is -1.56. The van der Waals surface area contributed by atoms with Crippen molar-refractivity contribution in [3.63, 3.8) is 0 Å². The van der Waals surface area contributed by atoms with E-state index >= 15 is 0 Å². The number of likely N-dealkylation sites (tertiary alicyclic amines) is 1. The van der Waals surface area contributed by atoms with Crippen molar-refractivity contribution in [2.75, 3.05) is 33.2 Å². The largest absolute Gasteiger partial charge is 0.444 e. The third kappa shape index (κ3) is 3.52. The molecule has 0 unspecified atom stereocenters. The molecule has 1 aromatic rings. The van der Waals surface area contributed by atoms with Crippen LogP contribution < -0.4 is 0 Å². The number of rotatable bonds is 3. The number of hydrogen-bond donors (Lipinski definition) is 0. The fourth-order valence-corrected chi connectivity index (χ4v) is 3.32. The summed E-state index contributed by atoms with van der Waals surface area (Å²) in [7, 11) is 1.88. The van der Waals surface area contributed by atoms with Gasteiger partial charge >= 0.3 is 6.03 Å². The first kappa shape index (κ1) is 16.3. The zero-order chi connectivity index (χ0) is 16.6. The highest BCUT2D eigenvalue weighted by atomic mass is 16.4. The van der Waals surface area contributed by atoms with Crippen molar-refractivity contribution < 1.29 is 9.21 Å². The third-order valence-electron chi connectivity index (χ3n) is 4.90. The maximum absolute atomic E-state index is 12.1. The van der Waals surface area contributed by atoms with Gasteiger partial charge < -0.3 is 14.2 Å². The molecule has 3 rings (SSSR count). The van der Waals surface area contributed by atoms with Gasteiger partial charge in [-0.1, -0.05) is 20.8 Å². The maximum Gasteiger partial charge on any atom is 0.320 e. The van der Waals surface area contributed by atoms with Gasteiger partial charge in [0.1, 0.15) is 5.76 Å². The van der Waals surface area contributed by atoms with E-state index in [0.717, 1.165) is 57.2 Å². The van der Waals surface area contributed by atoms with Crippen molar-refractivity contribution in [3.05, 3.63) is 17.8 Å². The predicted octanol–water partition coefficient (Wildman–Crippen LogP) is 2.30. The van der Waals surface area contributed by atoms with Crippen molar-refractivity contribution in [2.45, 2.75) is 51.6 Å². The van der Waals surface area contributed by atoms with Gasteiger partial charge in [0.05, 0.1) is 12.7 Å². The number of carbonyl (C=O) groups is 1. The number of urea groups is 1. The number of carbonyl (C=O) groups excluding carboxylic acids is 1. The van der Waals surface area contributed by atoms with Gasteiger partial charge in [-0.25, -0.2) is 9.78 Å². The molecule has 2 aliphatic rings. The van der Waals surface area contributed by atoms with Crippen LogP contribution in [0.2, 0.25) is 0 Å². The molecule has 1 aromatic heterocycles. The lowest BCUT2D eigenvalue weighted by Crippen LogP contribution is -2.46. The fraction of sp³-hybridized carbons (Fsp3) is 0.765. The fourth-order valence-electron chi connectivity index (χ4n) is 3.32. The third-order valence-corrected chi connectivity index (χ3v) is 4.90. The normalized spacial score (nSPS) is 21.5. The molecule has 6 heteroatoms. The molecule has 23 heavy (non-hydrogen) atoms. The van der Waals surface area contributed by atoms with Gasteiger partial charge in [0, 0.05) is 44.7 Å². The second kappa shape index (κ2) is 6.15. The number of nitrogens with zero attached hydrogens (tertiary/aromatic N) is 4. The van der Waals surface area contributed by atoms with Crippen LogP contribution >= 0.6 is 0 Å². The van der Waals surface area contributed by atoms with Crippen LogP contribution in [0.15, 0.2) is 10.6 Å². The first-order valence-electron chi connectivity index (χ1n) is 8.54. The molecule has 0 N–H and O–H groups in total. The van der Waals surface area contributed by atoms with Crippen LogP contribution in [0.25, 0.3) is 0 Å². The molecule has 0 atom stereocenters. The summed E-state index contributed by atoms with van der Waals surface area (Å²) in [4.78, 5) is 22.7. The molecule has 2 aliphatic heterocycles. The quantitative estimate of drug-likeness (QED) is 0.857. The van der Waals surface area contributed by atoms with E-state index in [9.17, 15) is 4.79 Å². The van der Waals surface area contributed by atoms with E-state index in [4.69, 9.17) is 4.42 Å². The lowest BCUT2D eigenvalue weighted by Gasteiger charge is -2.35. The van der Waals surface area contributed by atoms with E-state index < -0.39 is 0 Å². The van der Waals surface area contributed by atoms with Crippen LogP contribution in [0.1, 0.15) is 45.3 Å². The Morgan fingerprint density at radius 2 is 1.91 bits per heavy atom. The minimum Gasteiger partial charge on any atom is -0.444 e. The van der Waals surface area contributed by atoms with Crippen molar-refractivity contribution in [1.82, 2.24) is 19.7 Å². The topological polar surface area (TPSA) is 52.8 Å². The van der Waals surface area contributed by atoms with Crippen LogP contribution in [0.5, 0.6) is 0 Å². The first-order valence-corrected chi connectivity index (χ1v) is 8.54. The number of likely N-dealkylation sites (N-methyl/N-ethyl adjacent to an activating group) is 1. The SMILES string of the molecule is CN1CCN(C2CCN(Cc3ncc(C(C)(C)C)o3)CC2)C1=O. The molecular weight excluding hydrogens is 292 g/mol. The van der Waals surface area contributed by atoms with Crippen LogP contribution in [0.3, 0.4) is 0 Å². The van der Waals surface area contributed by atoms with Crippen LogP contribution in [0.4, 0.5) is 4.79 Å². The predicted molar refractivity (Wildman–Crippen MR) is 88.2 cm³/mol. The standard InChI is InChI=1S/C17H28N4O2/c1-17(2,3)14-11-18-15(23-14)12-20-7-5-13(6-8-20)21-10-9-19(4)16(21)22/h11,13H,5-10,12H2,1-4H3. The van der Waals surface area contributed by atoms with E-state index in [2.05, 4.69) is 30.7 Å². The second-order valence-electron chi connectivity index (χ2n) is 7.77. The van der Waals surface area contributed by atoms with Crippen LogP contribution in [-0.4, -0.2) is 65.0 Å². The Morgan fingerprint density at radius 3 is 2.43 bits per heavy atom. The maximum atomic E-state index is 12.1. The monoisotopic (exact) mass is 320 g/mol. The minimum absolute atomic E-state index is 0.000382. The Labute approximate surface area is 138 Å². The first-order chi connectivity index (χ1) is 10.8. The number of amides is 2. The summed E-state index contributed by atoms with van der Waals surface area (Å²) in [6, 6.07) is 0.573. The Morgan fingerprint density at radius 1 is 1.22 bits per heavy atom. The Kier molecular flexibility index (Phi) is 4.36. The van der Waals surface area contributed by atoms with Crippen LogP contribution in [-0.2, 0) is 12.0 Å². The summed E-state index contributed by atoms with van der Waals surface area (Å²) < 4.78 is 5.88. The van der Waals surface area contributed by atoms with E-state index in [1.165, 1.54) is 0 Å². The minimum atomic E-state index is 0.000382. The molecular formula is C17H28N4O2. The van der Waals surface area contributed by atoms with Gasteiger partial charge in [0.2, 0.25) is 5.89 Å². The lowest BCUT2D eigenvalue weighted by atomic mass is 9.94. The number of hydrogen-bond acceptors (Lipinski definition) is 4. The Balaban J connectivity index is 1.51. The molecule has 3 heterocycles. The zero-order valence-corrected chi connectivity index (χ0v) is 14.7. The summed E-state index contributed by atoms with van der Waals surface area (Å²) in [5, 5.41) is 0. The van der Waals surface area contributed by atoms with Gasteiger partial charge in [-0.2, -0.15) is 0 Å². The van der Waals surface area contributed by atoms with Crippen molar-refractivity contribution in [1.29, 1.82) is 0 Å². The molecule has 0 saturated carbocycles. The molecule has 0 aliphatic carbocycles. The van der Waals surface area contributed by atoms with Crippen molar-refractivity contribution >= 4 is 6.03 Å². The highest BCUT2D eigenvalue weighted by Crippen LogP contribution is 2.25. The smallest absolute Gasteiger partial charge is 0.320 e. The molecule has 2 amide bonds. The van der Waals surface area contributed by atoms with E-state index in [0.29, 0.717) is 6.04 Å². The van der Waals surface area contributed by atoms with Gasteiger partial charge in [-0.05, 0) is 12.8 Å². The van der Waals surface area contributed by atoms with E-state index in [1.807, 2.05) is 23.0 Å². The number of aromatic nitrogens is 1. The lowest BCUT2D eigenvalue weighted by molar-refractivity contribution is 0.121. The van der Waals surface area contributed by atoms with E-state index in [1.54, 1.807) is 0 Å². The molecule has 2 saturated heterocycles. The highest BCUT2D eigenvalue weighted by Gasteiger charge is 2.33. The van der Waals surface area contributed by atoms with Gasteiger partial charge in [0.15, 0.2) is 0 Å². The zero-order valence-electron chi connectivity index (χ0n) is 14.7. The molecule has 6 nitrogen and oxygen atoms in total. The van der Waals surface area contributed by atoms with Crippen molar-refractivity contribution in [3.8, 4) is 0 Å². The summed E-state index contributed by atoms with van der Waals surface area (Å²) >= 11 is 0.